The Labute approximate surface area is 202 Å². The highest BCUT2D eigenvalue weighted by atomic mass is 16.8. The molecule has 0 aliphatic carbocycles. The molecule has 4 aromatic carbocycles. The zero-order valence-corrected chi connectivity index (χ0v) is 20.5. The summed E-state index contributed by atoms with van der Waals surface area (Å²) in [6.07, 6.45) is 0. The molecule has 0 unspecified atom stereocenters. The van der Waals surface area contributed by atoms with Gasteiger partial charge in [0.05, 0.1) is 0 Å². The van der Waals surface area contributed by atoms with E-state index in [4.69, 9.17) is 0 Å². The number of para-hydroxylation sites is 1. The molecule has 0 aliphatic heterocycles. The minimum atomic E-state index is 0.148. The van der Waals surface area contributed by atoms with Gasteiger partial charge in [0.2, 0.25) is 0 Å². The molecule has 2 N–H and O–H groups in total. The van der Waals surface area contributed by atoms with Gasteiger partial charge < -0.3 is 9.80 Å². The molecule has 5 nitrogen and oxygen atoms in total. The molecule has 0 heterocycles. The summed E-state index contributed by atoms with van der Waals surface area (Å²) in [5.74, 6) is 0. The standard InChI is InChI=1S/C15H17N.C14H16N2O2/c1-12-6-4-5-7-15(12)13-8-10-14(11-9-13)16(2)3;1-15(2)12-9-7-11(8-10-12)13-5-3-4-6-14(13)16(17)18/h4-11H,1-3H3;3-10,17-18H,1-2H3. The molecule has 0 atom stereocenters. The summed E-state index contributed by atoms with van der Waals surface area (Å²) in [7, 11) is 8.07. The zero-order chi connectivity index (χ0) is 24.7. The Morgan fingerprint density at radius 2 is 0.912 bits per heavy atom. The molecule has 34 heavy (non-hydrogen) atoms. The number of hydrogen-bond acceptors (Lipinski definition) is 5. The summed E-state index contributed by atoms with van der Waals surface area (Å²) < 4.78 is 0. The fourth-order valence-electron chi connectivity index (χ4n) is 3.67. The Bertz CT molecular complexity index is 1180. The SMILES string of the molecule is CN(C)c1ccc(-c2ccccc2N(O)O)cc1.Cc1ccccc1-c1ccc(N(C)C)cc1. The molecule has 5 heteroatoms. The van der Waals surface area contributed by atoms with Crippen molar-refractivity contribution in [2.24, 2.45) is 0 Å². The molecule has 0 amide bonds. The van der Waals surface area contributed by atoms with Crippen molar-refractivity contribution in [2.75, 3.05) is 43.2 Å². The van der Waals surface area contributed by atoms with Gasteiger partial charge in [0.1, 0.15) is 5.69 Å². The monoisotopic (exact) mass is 455 g/mol. The minimum absolute atomic E-state index is 0.148. The first-order chi connectivity index (χ1) is 16.3. The average molecular weight is 456 g/mol. The predicted molar refractivity (Wildman–Crippen MR) is 143 cm³/mol. The van der Waals surface area contributed by atoms with Crippen LogP contribution in [0.15, 0.2) is 97.1 Å². The maximum atomic E-state index is 9.19. The second kappa shape index (κ2) is 11.4. The highest BCUT2D eigenvalue weighted by molar-refractivity contribution is 5.78. The van der Waals surface area contributed by atoms with E-state index in [2.05, 4.69) is 74.4 Å². The Morgan fingerprint density at radius 3 is 1.35 bits per heavy atom. The van der Waals surface area contributed by atoms with Crippen LogP contribution in [0.1, 0.15) is 5.56 Å². The van der Waals surface area contributed by atoms with Gasteiger partial charge in [0, 0.05) is 45.1 Å². The number of hydrogen-bond donors (Lipinski definition) is 2. The van der Waals surface area contributed by atoms with Crippen molar-refractivity contribution in [3.63, 3.8) is 0 Å². The van der Waals surface area contributed by atoms with Crippen LogP contribution in [0.4, 0.5) is 17.1 Å². The fourth-order valence-corrected chi connectivity index (χ4v) is 3.67. The van der Waals surface area contributed by atoms with E-state index < -0.39 is 0 Å². The third kappa shape index (κ3) is 6.16. The van der Waals surface area contributed by atoms with Crippen LogP contribution in [0.2, 0.25) is 0 Å². The summed E-state index contributed by atoms with van der Waals surface area (Å²) >= 11 is 0. The van der Waals surface area contributed by atoms with E-state index in [1.54, 1.807) is 12.1 Å². The lowest BCUT2D eigenvalue weighted by Gasteiger charge is -2.15. The second-order valence-corrected chi connectivity index (χ2v) is 8.50. The molecule has 4 rings (SSSR count). The zero-order valence-electron chi connectivity index (χ0n) is 20.5. The van der Waals surface area contributed by atoms with Crippen molar-refractivity contribution in [1.29, 1.82) is 0 Å². The van der Waals surface area contributed by atoms with Crippen molar-refractivity contribution >= 4 is 17.1 Å². The molecule has 0 fully saturated rings. The Balaban J connectivity index is 0.000000192. The van der Waals surface area contributed by atoms with E-state index in [1.165, 1.54) is 22.4 Å². The molecule has 176 valence electrons. The third-order valence-corrected chi connectivity index (χ3v) is 5.65. The highest BCUT2D eigenvalue weighted by Gasteiger charge is 2.08. The first-order valence-corrected chi connectivity index (χ1v) is 11.2. The van der Waals surface area contributed by atoms with Crippen LogP contribution in [0, 0.1) is 6.92 Å². The van der Waals surface area contributed by atoms with Crippen molar-refractivity contribution in [3.8, 4) is 22.3 Å². The van der Waals surface area contributed by atoms with E-state index in [9.17, 15) is 10.4 Å². The summed E-state index contributed by atoms with van der Waals surface area (Å²) in [4.78, 5) is 4.13. The fraction of sp³-hybridized carbons (Fsp3) is 0.172. The van der Waals surface area contributed by atoms with Crippen LogP contribution in [0.3, 0.4) is 0 Å². The normalized spacial score (nSPS) is 10.2. The third-order valence-electron chi connectivity index (χ3n) is 5.65. The molecule has 0 bridgehead atoms. The summed E-state index contributed by atoms with van der Waals surface area (Å²) in [6, 6.07) is 32.2. The quantitative estimate of drug-likeness (QED) is 0.327. The maximum absolute atomic E-state index is 9.19. The highest BCUT2D eigenvalue weighted by Crippen LogP contribution is 2.30. The number of benzene rings is 4. The van der Waals surface area contributed by atoms with Crippen molar-refractivity contribution < 1.29 is 10.4 Å². The molecule has 0 saturated carbocycles. The van der Waals surface area contributed by atoms with Crippen LogP contribution in [-0.2, 0) is 0 Å². The van der Waals surface area contributed by atoms with Gasteiger partial charge in [0.25, 0.3) is 0 Å². The van der Waals surface area contributed by atoms with Gasteiger partial charge in [0.15, 0.2) is 0 Å². The Kier molecular flexibility index (Phi) is 8.30. The molecular formula is C29H33N3O2. The predicted octanol–water partition coefficient (Wildman–Crippen LogP) is 6.73. The van der Waals surface area contributed by atoms with E-state index in [-0.39, 0.29) is 5.23 Å². The van der Waals surface area contributed by atoms with E-state index >= 15 is 0 Å². The van der Waals surface area contributed by atoms with Gasteiger partial charge in [-0.05, 0) is 59.5 Å². The molecule has 0 aliphatic rings. The largest absolute Gasteiger partial charge is 0.378 e. The van der Waals surface area contributed by atoms with Gasteiger partial charge in [-0.25, -0.2) is 0 Å². The van der Waals surface area contributed by atoms with E-state index in [0.29, 0.717) is 5.69 Å². The Hall–Kier alpha value is -3.80. The maximum Gasteiger partial charge on any atom is 0.102 e. The van der Waals surface area contributed by atoms with Gasteiger partial charge in [-0.2, -0.15) is 0 Å². The van der Waals surface area contributed by atoms with E-state index in [1.807, 2.05) is 55.4 Å². The van der Waals surface area contributed by atoms with Gasteiger partial charge in [-0.1, -0.05) is 66.7 Å². The van der Waals surface area contributed by atoms with Crippen LogP contribution >= 0.6 is 0 Å². The minimum Gasteiger partial charge on any atom is -0.378 e. The van der Waals surface area contributed by atoms with Crippen LogP contribution < -0.4 is 15.0 Å². The smallest absolute Gasteiger partial charge is 0.102 e. The van der Waals surface area contributed by atoms with Crippen LogP contribution in [0.25, 0.3) is 22.3 Å². The first kappa shape index (κ1) is 24.8. The number of aryl methyl sites for hydroxylation is 1. The van der Waals surface area contributed by atoms with Crippen LogP contribution in [0.5, 0.6) is 0 Å². The first-order valence-electron chi connectivity index (χ1n) is 11.2. The van der Waals surface area contributed by atoms with E-state index in [0.717, 1.165) is 16.8 Å². The van der Waals surface area contributed by atoms with Gasteiger partial charge in [-0.3, -0.25) is 10.4 Å². The summed E-state index contributed by atoms with van der Waals surface area (Å²) in [6.45, 7) is 2.15. The number of rotatable bonds is 5. The van der Waals surface area contributed by atoms with Gasteiger partial charge >= 0.3 is 0 Å². The summed E-state index contributed by atoms with van der Waals surface area (Å²) in [5.41, 5.74) is 8.31. The molecule has 4 aromatic rings. The van der Waals surface area contributed by atoms with Crippen molar-refractivity contribution in [3.05, 3.63) is 103 Å². The summed E-state index contributed by atoms with van der Waals surface area (Å²) in [5, 5.41) is 18.5. The topological polar surface area (TPSA) is 50.2 Å². The lowest BCUT2D eigenvalue weighted by Crippen LogP contribution is -2.12. The van der Waals surface area contributed by atoms with Crippen molar-refractivity contribution in [1.82, 2.24) is 0 Å². The van der Waals surface area contributed by atoms with Crippen LogP contribution in [-0.4, -0.2) is 38.6 Å². The number of nitrogens with zero attached hydrogens (tertiary/aromatic N) is 3. The Morgan fingerprint density at radius 1 is 0.500 bits per heavy atom. The molecular weight excluding hydrogens is 422 g/mol. The molecule has 0 radical (unpaired) electrons. The average Bonchev–Trinajstić information content (AvgIpc) is 2.85. The lowest BCUT2D eigenvalue weighted by molar-refractivity contribution is 0.0295. The van der Waals surface area contributed by atoms with Crippen molar-refractivity contribution in [2.45, 2.75) is 6.92 Å². The lowest BCUT2D eigenvalue weighted by atomic mass is 10.0. The van der Waals surface area contributed by atoms with Gasteiger partial charge in [-0.15, -0.1) is 5.23 Å². The molecule has 0 aromatic heterocycles. The molecule has 0 saturated heterocycles. The number of anilines is 3. The second-order valence-electron chi connectivity index (χ2n) is 8.50. The molecule has 0 spiro atoms.